The van der Waals surface area contributed by atoms with Crippen LogP contribution in [0.2, 0.25) is 0 Å². The molecule has 0 atom stereocenters. The highest BCUT2D eigenvalue weighted by atomic mass is 15.1. The summed E-state index contributed by atoms with van der Waals surface area (Å²) in [5, 5.41) is 0. The normalized spacial score (nSPS) is 10.6. The Hall–Kier alpha value is -1.25. The van der Waals surface area contributed by atoms with E-state index in [2.05, 4.69) is 23.9 Å². The van der Waals surface area contributed by atoms with E-state index in [9.17, 15) is 0 Å². The molecule has 1 rings (SSSR count). The van der Waals surface area contributed by atoms with Crippen LogP contribution in [0.25, 0.3) is 0 Å². The minimum atomic E-state index is 0.768. The molecular formula is C16H29N3. The second-order valence-electron chi connectivity index (χ2n) is 5.33. The van der Waals surface area contributed by atoms with Gasteiger partial charge in [0.1, 0.15) is 0 Å². The Kier molecular flexibility index (Phi) is 8.03. The average Bonchev–Trinajstić information content (AvgIpc) is 2.42. The highest BCUT2D eigenvalue weighted by molar-refractivity contribution is 5.65. The molecule has 0 aliphatic heterocycles. The van der Waals surface area contributed by atoms with Crippen molar-refractivity contribution >= 4 is 11.4 Å². The van der Waals surface area contributed by atoms with E-state index in [4.69, 9.17) is 5.73 Å². The highest BCUT2D eigenvalue weighted by Gasteiger charge is 2.03. The van der Waals surface area contributed by atoms with Gasteiger partial charge in [0, 0.05) is 19.8 Å². The number of hydrogen-bond acceptors (Lipinski definition) is 3. The van der Waals surface area contributed by atoms with Crippen molar-refractivity contribution in [2.45, 2.75) is 58.3 Å². The van der Waals surface area contributed by atoms with E-state index in [0.29, 0.717) is 0 Å². The van der Waals surface area contributed by atoms with Gasteiger partial charge in [-0.2, -0.15) is 0 Å². The number of nitrogen functional groups attached to an aromatic ring is 1. The second-order valence-corrected chi connectivity index (χ2v) is 5.33. The fraction of sp³-hybridized carbons (Fsp3) is 0.688. The van der Waals surface area contributed by atoms with Crippen LogP contribution in [0.15, 0.2) is 18.5 Å². The number of rotatable bonds is 10. The monoisotopic (exact) mass is 263 g/mol. The molecule has 0 saturated heterocycles. The molecule has 0 spiro atoms. The molecule has 0 aliphatic carbocycles. The molecule has 0 aromatic carbocycles. The molecule has 0 fully saturated rings. The van der Waals surface area contributed by atoms with Crippen molar-refractivity contribution in [3.63, 3.8) is 0 Å². The van der Waals surface area contributed by atoms with Crippen LogP contribution in [0.4, 0.5) is 11.4 Å². The lowest BCUT2D eigenvalue weighted by molar-refractivity contribution is 0.575. The van der Waals surface area contributed by atoms with Gasteiger partial charge in [0.05, 0.1) is 17.6 Å². The van der Waals surface area contributed by atoms with Crippen LogP contribution in [0.1, 0.15) is 58.3 Å². The van der Waals surface area contributed by atoms with Crippen LogP contribution < -0.4 is 10.6 Å². The fourth-order valence-electron chi connectivity index (χ4n) is 2.35. The summed E-state index contributed by atoms with van der Waals surface area (Å²) in [6, 6.07) is 1.99. The minimum Gasteiger partial charge on any atom is -0.396 e. The van der Waals surface area contributed by atoms with Crippen molar-refractivity contribution < 1.29 is 0 Å². The quantitative estimate of drug-likeness (QED) is 0.642. The van der Waals surface area contributed by atoms with Gasteiger partial charge in [-0.15, -0.1) is 0 Å². The van der Waals surface area contributed by atoms with Gasteiger partial charge < -0.3 is 10.6 Å². The Balaban J connectivity index is 2.08. The van der Waals surface area contributed by atoms with Gasteiger partial charge in [-0.25, -0.2) is 0 Å². The van der Waals surface area contributed by atoms with Crippen LogP contribution in [0, 0.1) is 0 Å². The summed E-state index contributed by atoms with van der Waals surface area (Å²) in [5.41, 5.74) is 7.78. The van der Waals surface area contributed by atoms with Gasteiger partial charge in [-0.3, -0.25) is 4.98 Å². The zero-order valence-corrected chi connectivity index (χ0v) is 12.6. The molecule has 1 aromatic rings. The Morgan fingerprint density at radius 1 is 1.05 bits per heavy atom. The van der Waals surface area contributed by atoms with Crippen molar-refractivity contribution in [1.82, 2.24) is 4.98 Å². The number of anilines is 2. The number of unbranched alkanes of at least 4 members (excludes halogenated alkanes) is 7. The number of hydrogen-bond donors (Lipinski definition) is 1. The van der Waals surface area contributed by atoms with Crippen molar-refractivity contribution in [3.8, 4) is 0 Å². The van der Waals surface area contributed by atoms with Crippen molar-refractivity contribution in [2.75, 3.05) is 24.2 Å². The molecule has 3 heteroatoms. The van der Waals surface area contributed by atoms with Crippen LogP contribution >= 0.6 is 0 Å². The van der Waals surface area contributed by atoms with Crippen molar-refractivity contribution in [1.29, 1.82) is 0 Å². The summed E-state index contributed by atoms with van der Waals surface area (Å²) < 4.78 is 0. The Morgan fingerprint density at radius 3 is 2.32 bits per heavy atom. The van der Waals surface area contributed by atoms with Gasteiger partial charge in [0.25, 0.3) is 0 Å². The third kappa shape index (κ3) is 6.46. The molecule has 0 amide bonds. The van der Waals surface area contributed by atoms with E-state index in [1.807, 2.05) is 6.07 Å². The predicted molar refractivity (Wildman–Crippen MR) is 84.5 cm³/mol. The summed E-state index contributed by atoms with van der Waals surface area (Å²) in [5.74, 6) is 0. The number of nitrogens with two attached hydrogens (primary N) is 1. The maximum absolute atomic E-state index is 5.92. The van der Waals surface area contributed by atoms with Crippen molar-refractivity contribution in [2.24, 2.45) is 0 Å². The second kappa shape index (κ2) is 9.65. The molecule has 108 valence electrons. The first-order valence-electron chi connectivity index (χ1n) is 7.66. The first-order valence-corrected chi connectivity index (χ1v) is 7.66. The lowest BCUT2D eigenvalue weighted by atomic mass is 10.1. The van der Waals surface area contributed by atoms with E-state index in [1.54, 1.807) is 12.4 Å². The SMILES string of the molecule is CCCCCCCCCCN(C)c1ccncc1N. The molecular weight excluding hydrogens is 234 g/mol. The Morgan fingerprint density at radius 2 is 1.68 bits per heavy atom. The summed E-state index contributed by atoms with van der Waals surface area (Å²) in [7, 11) is 2.10. The maximum Gasteiger partial charge on any atom is 0.0738 e. The lowest BCUT2D eigenvalue weighted by Crippen LogP contribution is -2.19. The zero-order chi connectivity index (χ0) is 13.9. The standard InChI is InChI=1S/C16H29N3/c1-3-4-5-6-7-8-9-10-13-19(2)16-11-12-18-14-15(16)17/h11-12,14H,3-10,13,17H2,1-2H3. The first-order chi connectivity index (χ1) is 9.25. The van der Waals surface area contributed by atoms with Gasteiger partial charge in [0.15, 0.2) is 0 Å². The molecule has 19 heavy (non-hydrogen) atoms. The number of nitrogens with zero attached hydrogens (tertiary/aromatic N) is 2. The molecule has 0 saturated carbocycles. The van der Waals surface area contributed by atoms with Gasteiger partial charge >= 0.3 is 0 Å². The molecule has 0 aliphatic rings. The number of aromatic nitrogens is 1. The average molecular weight is 263 g/mol. The maximum atomic E-state index is 5.92. The van der Waals surface area contributed by atoms with Crippen LogP contribution in [-0.4, -0.2) is 18.6 Å². The van der Waals surface area contributed by atoms with Gasteiger partial charge in [-0.1, -0.05) is 51.9 Å². The van der Waals surface area contributed by atoms with Crippen LogP contribution in [-0.2, 0) is 0 Å². The van der Waals surface area contributed by atoms with E-state index < -0.39 is 0 Å². The largest absolute Gasteiger partial charge is 0.396 e. The molecule has 0 bridgehead atoms. The summed E-state index contributed by atoms with van der Waals surface area (Å²) in [6.45, 7) is 3.34. The highest BCUT2D eigenvalue weighted by Crippen LogP contribution is 2.20. The van der Waals surface area contributed by atoms with E-state index in [-0.39, 0.29) is 0 Å². The smallest absolute Gasteiger partial charge is 0.0738 e. The van der Waals surface area contributed by atoms with Gasteiger partial charge in [-0.05, 0) is 12.5 Å². The first kappa shape index (κ1) is 15.8. The predicted octanol–water partition coefficient (Wildman–Crippen LogP) is 4.24. The van der Waals surface area contributed by atoms with E-state index >= 15 is 0 Å². The molecule has 1 aromatic heterocycles. The zero-order valence-electron chi connectivity index (χ0n) is 12.6. The third-order valence-electron chi connectivity index (χ3n) is 3.59. The van der Waals surface area contributed by atoms with Crippen LogP contribution in [0.5, 0.6) is 0 Å². The molecule has 1 heterocycles. The van der Waals surface area contributed by atoms with Crippen molar-refractivity contribution in [3.05, 3.63) is 18.5 Å². The Bertz CT molecular complexity index is 339. The number of pyridine rings is 1. The summed E-state index contributed by atoms with van der Waals surface area (Å²) in [6.07, 6.45) is 14.4. The molecule has 2 N–H and O–H groups in total. The van der Waals surface area contributed by atoms with E-state index in [0.717, 1.165) is 17.9 Å². The fourth-order valence-corrected chi connectivity index (χ4v) is 2.35. The summed E-state index contributed by atoms with van der Waals surface area (Å²) in [4.78, 5) is 6.25. The minimum absolute atomic E-state index is 0.768. The lowest BCUT2D eigenvalue weighted by Gasteiger charge is -2.20. The third-order valence-corrected chi connectivity index (χ3v) is 3.59. The summed E-state index contributed by atoms with van der Waals surface area (Å²) >= 11 is 0. The van der Waals surface area contributed by atoms with Crippen LogP contribution in [0.3, 0.4) is 0 Å². The topological polar surface area (TPSA) is 42.2 Å². The Labute approximate surface area is 118 Å². The van der Waals surface area contributed by atoms with E-state index in [1.165, 1.54) is 51.4 Å². The molecule has 3 nitrogen and oxygen atoms in total. The van der Waals surface area contributed by atoms with Gasteiger partial charge in [0.2, 0.25) is 0 Å². The molecule has 0 radical (unpaired) electrons. The molecule has 0 unspecified atom stereocenters.